The van der Waals surface area contributed by atoms with Crippen molar-refractivity contribution in [3.05, 3.63) is 42.1 Å². The summed E-state index contributed by atoms with van der Waals surface area (Å²) in [7, 11) is 0. The molecule has 1 aromatic heterocycles. The molecular formula is C17H20N2O. The van der Waals surface area contributed by atoms with E-state index in [9.17, 15) is 4.79 Å². The third-order valence-corrected chi connectivity index (χ3v) is 4.43. The molecule has 0 saturated heterocycles. The van der Waals surface area contributed by atoms with Gasteiger partial charge < -0.3 is 5.73 Å². The Hall–Kier alpha value is -1.74. The van der Waals surface area contributed by atoms with Crippen LogP contribution >= 0.6 is 0 Å². The quantitative estimate of drug-likeness (QED) is 0.870. The monoisotopic (exact) mass is 268 g/mol. The smallest absolute Gasteiger partial charge is 0.167 e. The van der Waals surface area contributed by atoms with E-state index in [2.05, 4.69) is 4.98 Å². The summed E-state index contributed by atoms with van der Waals surface area (Å²) in [4.78, 5) is 17.0. The number of carbonyl (C=O) groups is 1. The number of nitrogens with zero attached hydrogens (tertiary/aromatic N) is 1. The lowest BCUT2D eigenvalue weighted by molar-refractivity contribution is 0.0873. The number of aromatic nitrogens is 1. The first-order valence-electron chi connectivity index (χ1n) is 7.37. The van der Waals surface area contributed by atoms with Crippen molar-refractivity contribution in [2.45, 2.75) is 25.7 Å². The molecule has 0 atom stereocenters. The molecule has 1 saturated carbocycles. The number of Topliss-reactive ketones (excluding diaryl/α,β-unsaturated/α-hetero) is 1. The van der Waals surface area contributed by atoms with Gasteiger partial charge in [0.05, 0.1) is 5.52 Å². The van der Waals surface area contributed by atoms with E-state index in [0.717, 1.165) is 48.7 Å². The largest absolute Gasteiger partial charge is 0.330 e. The van der Waals surface area contributed by atoms with Gasteiger partial charge in [-0.1, -0.05) is 18.2 Å². The number of carbonyl (C=O) groups excluding carboxylic acids is 1. The molecule has 0 unspecified atom stereocenters. The number of hydrogen-bond acceptors (Lipinski definition) is 3. The Morgan fingerprint density at radius 3 is 2.70 bits per heavy atom. The number of rotatable bonds is 3. The van der Waals surface area contributed by atoms with Crippen molar-refractivity contribution >= 4 is 16.7 Å². The fraction of sp³-hybridized carbons (Fsp3) is 0.412. The summed E-state index contributed by atoms with van der Waals surface area (Å²) in [5.74, 6) is 1.01. The maximum atomic E-state index is 12.6. The first kappa shape index (κ1) is 13.3. The highest BCUT2D eigenvalue weighted by Gasteiger charge is 2.26. The minimum absolute atomic E-state index is 0.153. The van der Waals surface area contributed by atoms with Crippen molar-refractivity contribution in [2.24, 2.45) is 17.6 Å². The lowest BCUT2D eigenvalue weighted by Crippen LogP contribution is -2.25. The zero-order chi connectivity index (χ0) is 13.9. The van der Waals surface area contributed by atoms with Crippen molar-refractivity contribution in [1.82, 2.24) is 4.98 Å². The molecule has 1 heterocycles. The number of benzene rings is 1. The first-order chi connectivity index (χ1) is 9.78. The Bertz CT molecular complexity index is 615. The Morgan fingerprint density at radius 2 is 1.95 bits per heavy atom. The second-order valence-electron chi connectivity index (χ2n) is 5.73. The van der Waals surface area contributed by atoms with E-state index in [1.54, 1.807) is 6.20 Å². The summed E-state index contributed by atoms with van der Waals surface area (Å²) in [6, 6.07) is 9.88. The lowest BCUT2D eigenvalue weighted by atomic mass is 9.79. The molecule has 104 valence electrons. The van der Waals surface area contributed by atoms with Gasteiger partial charge in [-0.05, 0) is 50.3 Å². The average Bonchev–Trinajstić information content (AvgIpc) is 2.54. The summed E-state index contributed by atoms with van der Waals surface area (Å²) in [6.07, 6.45) is 5.81. The third kappa shape index (κ3) is 2.59. The highest BCUT2D eigenvalue weighted by atomic mass is 16.1. The van der Waals surface area contributed by atoms with E-state index in [1.807, 2.05) is 30.3 Å². The van der Waals surface area contributed by atoms with E-state index >= 15 is 0 Å². The molecule has 3 rings (SSSR count). The maximum Gasteiger partial charge on any atom is 0.167 e. The van der Waals surface area contributed by atoms with Gasteiger partial charge in [0.25, 0.3) is 0 Å². The Kier molecular flexibility index (Phi) is 3.79. The van der Waals surface area contributed by atoms with E-state index in [-0.39, 0.29) is 11.7 Å². The highest BCUT2D eigenvalue weighted by Crippen LogP contribution is 2.30. The second kappa shape index (κ2) is 5.71. The van der Waals surface area contributed by atoms with Gasteiger partial charge in [-0.2, -0.15) is 0 Å². The molecular weight excluding hydrogens is 248 g/mol. The fourth-order valence-corrected chi connectivity index (χ4v) is 3.10. The van der Waals surface area contributed by atoms with Crippen LogP contribution in [0.3, 0.4) is 0 Å². The third-order valence-electron chi connectivity index (χ3n) is 4.43. The average molecular weight is 268 g/mol. The summed E-state index contributed by atoms with van der Waals surface area (Å²) in [5, 5.41) is 1.04. The zero-order valence-corrected chi connectivity index (χ0v) is 11.6. The molecule has 1 fully saturated rings. The van der Waals surface area contributed by atoms with Crippen LogP contribution in [-0.2, 0) is 0 Å². The molecule has 1 aromatic carbocycles. The summed E-state index contributed by atoms with van der Waals surface area (Å²) >= 11 is 0. The lowest BCUT2D eigenvalue weighted by Gasteiger charge is -2.26. The number of nitrogens with two attached hydrogens (primary N) is 1. The molecule has 0 bridgehead atoms. The van der Waals surface area contributed by atoms with Gasteiger partial charge >= 0.3 is 0 Å². The molecule has 3 heteroatoms. The summed E-state index contributed by atoms with van der Waals surface area (Å²) in [5.41, 5.74) is 7.39. The van der Waals surface area contributed by atoms with Crippen LogP contribution < -0.4 is 5.73 Å². The SMILES string of the molecule is NCC1CCC(C(=O)c2cnc3ccccc3c2)CC1. The molecule has 0 spiro atoms. The minimum Gasteiger partial charge on any atom is -0.330 e. The van der Waals surface area contributed by atoms with Crippen LogP contribution in [0.2, 0.25) is 0 Å². The van der Waals surface area contributed by atoms with E-state index in [4.69, 9.17) is 5.73 Å². The number of ketones is 1. The van der Waals surface area contributed by atoms with E-state index < -0.39 is 0 Å². The van der Waals surface area contributed by atoms with Crippen molar-refractivity contribution < 1.29 is 4.79 Å². The fourth-order valence-electron chi connectivity index (χ4n) is 3.10. The van der Waals surface area contributed by atoms with Gasteiger partial charge in [0.1, 0.15) is 0 Å². The van der Waals surface area contributed by atoms with Crippen molar-refractivity contribution in [3.63, 3.8) is 0 Å². The number of fused-ring (bicyclic) bond motifs is 1. The Morgan fingerprint density at radius 1 is 1.20 bits per heavy atom. The first-order valence-corrected chi connectivity index (χ1v) is 7.37. The van der Waals surface area contributed by atoms with Crippen LogP contribution in [0, 0.1) is 11.8 Å². The predicted molar refractivity (Wildman–Crippen MR) is 80.6 cm³/mol. The van der Waals surface area contributed by atoms with Crippen LogP contribution in [-0.4, -0.2) is 17.3 Å². The second-order valence-corrected chi connectivity index (χ2v) is 5.73. The van der Waals surface area contributed by atoms with Crippen molar-refractivity contribution in [3.8, 4) is 0 Å². The van der Waals surface area contributed by atoms with Crippen LogP contribution in [0.25, 0.3) is 10.9 Å². The molecule has 0 amide bonds. The Balaban J connectivity index is 1.79. The standard InChI is InChI=1S/C17H20N2O/c18-10-12-5-7-13(8-6-12)17(20)15-9-14-3-1-2-4-16(14)19-11-15/h1-4,9,11-13H,5-8,10,18H2. The number of para-hydroxylation sites is 1. The van der Waals surface area contributed by atoms with E-state index in [0.29, 0.717) is 5.92 Å². The van der Waals surface area contributed by atoms with Gasteiger partial charge in [0, 0.05) is 23.1 Å². The van der Waals surface area contributed by atoms with Gasteiger partial charge in [0.2, 0.25) is 0 Å². The Labute approximate surface area is 119 Å². The minimum atomic E-state index is 0.153. The number of pyridine rings is 1. The zero-order valence-electron chi connectivity index (χ0n) is 11.6. The van der Waals surface area contributed by atoms with Crippen LogP contribution in [0.4, 0.5) is 0 Å². The molecule has 0 aliphatic heterocycles. The van der Waals surface area contributed by atoms with E-state index in [1.165, 1.54) is 0 Å². The van der Waals surface area contributed by atoms with Crippen LogP contribution in [0.5, 0.6) is 0 Å². The van der Waals surface area contributed by atoms with Crippen molar-refractivity contribution in [1.29, 1.82) is 0 Å². The van der Waals surface area contributed by atoms with Gasteiger partial charge in [0.15, 0.2) is 5.78 Å². The highest BCUT2D eigenvalue weighted by molar-refractivity contribution is 6.00. The molecule has 1 aliphatic carbocycles. The molecule has 3 nitrogen and oxygen atoms in total. The topological polar surface area (TPSA) is 56.0 Å². The normalized spacial score (nSPS) is 22.9. The van der Waals surface area contributed by atoms with Crippen molar-refractivity contribution in [2.75, 3.05) is 6.54 Å². The predicted octanol–water partition coefficient (Wildman–Crippen LogP) is 3.18. The van der Waals surface area contributed by atoms with Crippen LogP contribution in [0.15, 0.2) is 36.5 Å². The van der Waals surface area contributed by atoms with Gasteiger partial charge in [-0.15, -0.1) is 0 Å². The molecule has 2 aromatic rings. The van der Waals surface area contributed by atoms with Crippen LogP contribution in [0.1, 0.15) is 36.0 Å². The number of hydrogen-bond donors (Lipinski definition) is 1. The molecule has 2 N–H and O–H groups in total. The molecule has 20 heavy (non-hydrogen) atoms. The van der Waals surface area contributed by atoms with Gasteiger partial charge in [-0.25, -0.2) is 0 Å². The summed E-state index contributed by atoms with van der Waals surface area (Å²) in [6.45, 7) is 0.748. The summed E-state index contributed by atoms with van der Waals surface area (Å²) < 4.78 is 0. The molecule has 0 radical (unpaired) electrons. The van der Waals surface area contributed by atoms with Gasteiger partial charge in [-0.3, -0.25) is 9.78 Å². The maximum absolute atomic E-state index is 12.6. The molecule has 1 aliphatic rings.